The zero-order chi connectivity index (χ0) is 13.5. The second kappa shape index (κ2) is 7.56. The number of thioether (sulfide) groups is 1. The summed E-state index contributed by atoms with van der Waals surface area (Å²) >= 11 is 1.30. The molecule has 0 saturated carbocycles. The Balaban J connectivity index is 3.55. The molecular formula is C12H26O3SSi. The van der Waals surface area contributed by atoms with Crippen LogP contribution in [0.25, 0.3) is 0 Å². The first kappa shape index (κ1) is 17.2. The summed E-state index contributed by atoms with van der Waals surface area (Å²) in [7, 11) is -1.63. The third-order valence-corrected chi connectivity index (χ3v) is 8.35. The second-order valence-electron chi connectivity index (χ2n) is 5.56. The molecule has 0 heterocycles. The molecule has 0 N–H and O–H groups in total. The largest absolute Gasteiger partial charge is 0.414 e. The first-order valence-electron chi connectivity index (χ1n) is 6.02. The van der Waals surface area contributed by atoms with Gasteiger partial charge in [0.15, 0.2) is 13.4 Å². The van der Waals surface area contributed by atoms with Crippen molar-refractivity contribution in [1.82, 2.24) is 0 Å². The van der Waals surface area contributed by atoms with Crippen LogP contribution in [0.5, 0.6) is 0 Å². The van der Waals surface area contributed by atoms with Crippen molar-refractivity contribution in [2.75, 3.05) is 25.6 Å². The van der Waals surface area contributed by atoms with Crippen LogP contribution in [-0.2, 0) is 14.0 Å². The summed E-state index contributed by atoms with van der Waals surface area (Å²) in [5, 5.41) is 0.392. The van der Waals surface area contributed by atoms with Gasteiger partial charge in [0.25, 0.3) is 0 Å². The molecule has 0 amide bonds. The van der Waals surface area contributed by atoms with E-state index in [1.807, 2.05) is 0 Å². The Morgan fingerprint density at radius 3 is 2.24 bits per heavy atom. The molecule has 0 bridgehead atoms. The third kappa shape index (κ3) is 7.97. The molecule has 0 aliphatic carbocycles. The van der Waals surface area contributed by atoms with Gasteiger partial charge in [0.05, 0.1) is 19.8 Å². The highest BCUT2D eigenvalue weighted by Gasteiger charge is 2.36. The summed E-state index contributed by atoms with van der Waals surface area (Å²) < 4.78 is 11.4. The normalized spacial score (nSPS) is 12.8. The van der Waals surface area contributed by atoms with Gasteiger partial charge >= 0.3 is 0 Å². The highest BCUT2D eigenvalue weighted by atomic mass is 32.2. The van der Waals surface area contributed by atoms with Gasteiger partial charge in [-0.05, 0) is 18.1 Å². The van der Waals surface area contributed by atoms with Crippen LogP contribution < -0.4 is 0 Å². The second-order valence-corrected chi connectivity index (χ2v) is 11.6. The van der Waals surface area contributed by atoms with Gasteiger partial charge in [0, 0.05) is 12.7 Å². The minimum absolute atomic E-state index is 0.145. The van der Waals surface area contributed by atoms with E-state index in [1.165, 1.54) is 11.8 Å². The van der Waals surface area contributed by atoms with Crippen molar-refractivity contribution >= 4 is 25.2 Å². The molecule has 0 rings (SSSR count). The van der Waals surface area contributed by atoms with Crippen molar-refractivity contribution in [3.8, 4) is 0 Å². The van der Waals surface area contributed by atoms with E-state index in [0.717, 1.165) is 5.75 Å². The standard InChI is InChI=1S/C12H26O3SSi/c1-11(13)16-10-9-14-7-8-15-17(5,6)12(2,3)4/h7-10H2,1-6H3. The van der Waals surface area contributed by atoms with Crippen LogP contribution in [0.1, 0.15) is 27.7 Å². The van der Waals surface area contributed by atoms with Crippen molar-refractivity contribution in [3.05, 3.63) is 0 Å². The molecule has 0 radical (unpaired) electrons. The Hall–Kier alpha value is 0.157. The number of ether oxygens (including phenoxy) is 1. The average Bonchev–Trinajstić information content (AvgIpc) is 2.13. The monoisotopic (exact) mass is 278 g/mol. The predicted molar refractivity (Wildman–Crippen MR) is 77.1 cm³/mol. The highest BCUT2D eigenvalue weighted by molar-refractivity contribution is 8.13. The van der Waals surface area contributed by atoms with Crippen molar-refractivity contribution in [2.45, 2.75) is 45.8 Å². The van der Waals surface area contributed by atoms with Crippen LogP contribution in [-0.4, -0.2) is 39.0 Å². The molecule has 17 heavy (non-hydrogen) atoms. The first-order valence-corrected chi connectivity index (χ1v) is 9.91. The van der Waals surface area contributed by atoms with E-state index >= 15 is 0 Å². The summed E-state index contributed by atoms with van der Waals surface area (Å²) in [6.45, 7) is 14.6. The Morgan fingerprint density at radius 2 is 1.76 bits per heavy atom. The van der Waals surface area contributed by atoms with Gasteiger partial charge in [-0.3, -0.25) is 4.79 Å². The molecule has 0 spiro atoms. The topological polar surface area (TPSA) is 35.5 Å². The van der Waals surface area contributed by atoms with Crippen molar-refractivity contribution in [2.24, 2.45) is 0 Å². The Kier molecular flexibility index (Phi) is 7.63. The average molecular weight is 278 g/mol. The molecule has 0 aromatic carbocycles. The molecule has 3 nitrogen and oxygen atoms in total. The molecule has 0 aromatic heterocycles. The van der Waals surface area contributed by atoms with Gasteiger partial charge in [-0.15, -0.1) is 0 Å². The SMILES string of the molecule is CC(=O)SCCOCCO[Si](C)(C)C(C)(C)C. The fourth-order valence-electron chi connectivity index (χ4n) is 0.919. The summed E-state index contributed by atoms with van der Waals surface area (Å²) in [5.74, 6) is 0.732. The molecule has 0 fully saturated rings. The summed E-state index contributed by atoms with van der Waals surface area (Å²) in [5.41, 5.74) is 0. The number of hydrogen-bond donors (Lipinski definition) is 0. The van der Waals surface area contributed by atoms with Crippen LogP contribution >= 0.6 is 11.8 Å². The predicted octanol–water partition coefficient (Wildman–Crippen LogP) is 3.30. The van der Waals surface area contributed by atoms with Gasteiger partial charge in [-0.25, -0.2) is 0 Å². The molecule has 0 unspecified atom stereocenters. The fraction of sp³-hybridized carbons (Fsp3) is 0.917. The molecule has 5 heteroatoms. The molecule has 0 atom stereocenters. The molecule has 0 aliphatic heterocycles. The van der Waals surface area contributed by atoms with Crippen LogP contribution in [0, 0.1) is 0 Å². The lowest BCUT2D eigenvalue weighted by molar-refractivity contribution is -0.109. The number of carbonyl (C=O) groups excluding carboxylic acids is 1. The zero-order valence-corrected chi connectivity index (χ0v) is 13.8. The smallest absolute Gasteiger partial charge is 0.192 e. The van der Waals surface area contributed by atoms with Gasteiger partial charge in [-0.1, -0.05) is 32.5 Å². The minimum Gasteiger partial charge on any atom is -0.414 e. The first-order chi connectivity index (χ1) is 7.67. The van der Waals surface area contributed by atoms with Gasteiger partial charge in [0.2, 0.25) is 0 Å². The van der Waals surface area contributed by atoms with E-state index < -0.39 is 8.32 Å². The van der Waals surface area contributed by atoms with Crippen LogP contribution in [0.4, 0.5) is 0 Å². The highest BCUT2D eigenvalue weighted by Crippen LogP contribution is 2.36. The maximum atomic E-state index is 10.7. The lowest BCUT2D eigenvalue weighted by atomic mass is 10.2. The Bertz CT molecular complexity index is 236. The number of hydrogen-bond acceptors (Lipinski definition) is 4. The van der Waals surface area contributed by atoms with E-state index in [0.29, 0.717) is 19.8 Å². The fourth-order valence-corrected chi connectivity index (χ4v) is 2.43. The molecule has 102 valence electrons. The van der Waals surface area contributed by atoms with E-state index in [4.69, 9.17) is 9.16 Å². The third-order valence-electron chi connectivity index (χ3n) is 3.03. The van der Waals surface area contributed by atoms with Crippen molar-refractivity contribution in [1.29, 1.82) is 0 Å². The summed E-state index contributed by atoms with van der Waals surface area (Å²) in [6.07, 6.45) is 0. The number of rotatable bonds is 7. The Morgan fingerprint density at radius 1 is 1.18 bits per heavy atom. The van der Waals surface area contributed by atoms with Crippen LogP contribution in [0.3, 0.4) is 0 Å². The van der Waals surface area contributed by atoms with E-state index in [1.54, 1.807) is 6.92 Å². The summed E-state index contributed by atoms with van der Waals surface area (Å²) in [4.78, 5) is 10.7. The maximum Gasteiger partial charge on any atom is 0.192 e. The lowest BCUT2D eigenvalue weighted by Crippen LogP contribution is -2.41. The van der Waals surface area contributed by atoms with Gasteiger partial charge < -0.3 is 9.16 Å². The Labute approximate surface area is 111 Å². The van der Waals surface area contributed by atoms with E-state index in [2.05, 4.69) is 33.9 Å². The zero-order valence-electron chi connectivity index (χ0n) is 12.0. The summed E-state index contributed by atoms with van der Waals surface area (Å²) in [6, 6.07) is 0. The van der Waals surface area contributed by atoms with Crippen molar-refractivity contribution in [3.63, 3.8) is 0 Å². The van der Waals surface area contributed by atoms with Crippen molar-refractivity contribution < 1.29 is 14.0 Å². The van der Waals surface area contributed by atoms with Crippen LogP contribution in [0.2, 0.25) is 18.1 Å². The van der Waals surface area contributed by atoms with Gasteiger partial charge in [-0.2, -0.15) is 0 Å². The van der Waals surface area contributed by atoms with Gasteiger partial charge in [0.1, 0.15) is 0 Å². The van der Waals surface area contributed by atoms with E-state index in [9.17, 15) is 4.79 Å². The maximum absolute atomic E-state index is 10.7. The quantitative estimate of drug-likeness (QED) is 0.529. The lowest BCUT2D eigenvalue weighted by Gasteiger charge is -2.36. The number of carbonyl (C=O) groups is 1. The molecular weight excluding hydrogens is 252 g/mol. The molecule has 0 aliphatic rings. The van der Waals surface area contributed by atoms with Crippen LogP contribution in [0.15, 0.2) is 0 Å². The molecule has 0 saturated heterocycles. The minimum atomic E-state index is -1.63. The molecule has 0 aromatic rings. The van der Waals surface area contributed by atoms with E-state index in [-0.39, 0.29) is 10.2 Å².